The van der Waals surface area contributed by atoms with Gasteiger partial charge in [-0.3, -0.25) is 4.79 Å². The summed E-state index contributed by atoms with van der Waals surface area (Å²) in [6, 6.07) is 6.94. The minimum atomic E-state index is -0.239. The molecular formula is C14H14ClN3O. The largest absolute Gasteiger partial charge is 0.397 e. The number of nitrogens with zero attached hydrogens (tertiary/aromatic N) is 1. The van der Waals surface area contributed by atoms with E-state index in [9.17, 15) is 4.79 Å². The summed E-state index contributed by atoms with van der Waals surface area (Å²) >= 11 is 5.99. The van der Waals surface area contributed by atoms with Crippen LogP contribution in [0.25, 0.3) is 0 Å². The third-order valence-electron chi connectivity index (χ3n) is 2.91. The molecule has 0 spiro atoms. The predicted octanol–water partition coefficient (Wildman–Crippen LogP) is 3.19. The Bertz CT molecular complexity index is 641. The van der Waals surface area contributed by atoms with Gasteiger partial charge in [-0.15, -0.1) is 0 Å². The molecule has 5 heteroatoms. The first-order valence-corrected chi connectivity index (χ1v) is 6.15. The van der Waals surface area contributed by atoms with Gasteiger partial charge in [-0.2, -0.15) is 0 Å². The zero-order valence-corrected chi connectivity index (χ0v) is 11.5. The van der Waals surface area contributed by atoms with Gasteiger partial charge in [-0.05, 0) is 43.2 Å². The molecular weight excluding hydrogens is 262 g/mol. The quantitative estimate of drug-likeness (QED) is 0.884. The zero-order chi connectivity index (χ0) is 14.0. The Kier molecular flexibility index (Phi) is 3.71. The van der Waals surface area contributed by atoms with Crippen LogP contribution in [-0.2, 0) is 0 Å². The number of hydrogen-bond donors (Lipinski definition) is 2. The van der Waals surface area contributed by atoms with Gasteiger partial charge in [0.15, 0.2) is 0 Å². The van der Waals surface area contributed by atoms with E-state index in [0.29, 0.717) is 22.1 Å². The van der Waals surface area contributed by atoms with Gasteiger partial charge < -0.3 is 11.1 Å². The van der Waals surface area contributed by atoms with Gasteiger partial charge in [-0.25, -0.2) is 4.98 Å². The highest BCUT2D eigenvalue weighted by Crippen LogP contribution is 2.20. The number of rotatable bonds is 2. The van der Waals surface area contributed by atoms with Crippen LogP contribution in [0.15, 0.2) is 30.5 Å². The molecule has 98 valence electrons. The summed E-state index contributed by atoms with van der Waals surface area (Å²) in [5, 5.41) is 3.29. The number of aromatic nitrogens is 1. The van der Waals surface area contributed by atoms with Crippen LogP contribution in [0.2, 0.25) is 5.02 Å². The number of carbonyl (C=O) groups is 1. The molecule has 4 nitrogen and oxygen atoms in total. The Balaban J connectivity index is 2.26. The van der Waals surface area contributed by atoms with Crippen molar-refractivity contribution in [2.24, 2.45) is 0 Å². The van der Waals surface area contributed by atoms with E-state index in [1.165, 1.54) is 6.20 Å². The van der Waals surface area contributed by atoms with E-state index in [0.717, 1.165) is 11.1 Å². The topological polar surface area (TPSA) is 68.0 Å². The van der Waals surface area contributed by atoms with Crippen molar-refractivity contribution in [2.45, 2.75) is 13.8 Å². The molecule has 0 atom stereocenters. The Morgan fingerprint density at radius 2 is 2.11 bits per heavy atom. The summed E-state index contributed by atoms with van der Waals surface area (Å²) in [5.74, 6) is 0.229. The van der Waals surface area contributed by atoms with E-state index in [1.807, 2.05) is 6.92 Å². The molecule has 0 aliphatic heterocycles. The number of amides is 1. The minimum absolute atomic E-state index is 0.239. The van der Waals surface area contributed by atoms with E-state index in [4.69, 9.17) is 17.3 Å². The molecule has 2 aromatic rings. The lowest BCUT2D eigenvalue weighted by atomic mass is 10.1. The van der Waals surface area contributed by atoms with Crippen molar-refractivity contribution in [1.29, 1.82) is 0 Å². The fraction of sp³-hybridized carbons (Fsp3) is 0.143. The van der Waals surface area contributed by atoms with Crippen LogP contribution in [0.4, 0.5) is 11.5 Å². The molecule has 3 N–H and O–H groups in total. The summed E-state index contributed by atoms with van der Waals surface area (Å²) < 4.78 is 0. The van der Waals surface area contributed by atoms with Gasteiger partial charge in [0.2, 0.25) is 0 Å². The van der Waals surface area contributed by atoms with E-state index in [-0.39, 0.29) is 5.91 Å². The van der Waals surface area contributed by atoms with E-state index in [1.54, 1.807) is 31.2 Å². The highest BCUT2D eigenvalue weighted by molar-refractivity contribution is 6.32. The molecule has 0 radical (unpaired) electrons. The van der Waals surface area contributed by atoms with Gasteiger partial charge in [0.1, 0.15) is 5.82 Å². The lowest BCUT2D eigenvalue weighted by Gasteiger charge is -2.09. The number of benzene rings is 1. The number of pyridine rings is 1. The van der Waals surface area contributed by atoms with Gasteiger partial charge >= 0.3 is 0 Å². The van der Waals surface area contributed by atoms with Gasteiger partial charge in [-0.1, -0.05) is 17.7 Å². The summed E-state index contributed by atoms with van der Waals surface area (Å²) in [4.78, 5) is 16.2. The fourth-order valence-corrected chi connectivity index (χ4v) is 1.85. The Labute approximate surface area is 116 Å². The second kappa shape index (κ2) is 5.28. The first-order valence-electron chi connectivity index (χ1n) is 5.77. The van der Waals surface area contributed by atoms with Gasteiger partial charge in [0.25, 0.3) is 5.91 Å². The monoisotopic (exact) mass is 275 g/mol. The standard InChI is InChI=1S/C14H14ClN3O/c1-8-6-13(17-7-12(8)16)18-14(19)10-4-3-5-11(15)9(10)2/h3-7H,16H2,1-2H3,(H,17,18,19). The summed E-state index contributed by atoms with van der Waals surface area (Å²) in [6.45, 7) is 3.66. The summed E-state index contributed by atoms with van der Waals surface area (Å²) in [5.41, 5.74) is 8.42. The molecule has 0 unspecified atom stereocenters. The van der Waals surface area contributed by atoms with Crippen molar-refractivity contribution < 1.29 is 4.79 Å². The molecule has 19 heavy (non-hydrogen) atoms. The SMILES string of the molecule is Cc1cc(NC(=O)c2cccc(Cl)c2C)ncc1N. The number of hydrogen-bond acceptors (Lipinski definition) is 3. The Hall–Kier alpha value is -2.07. The molecule has 0 fully saturated rings. The number of nitrogen functional groups attached to an aromatic ring is 1. The number of carbonyl (C=O) groups excluding carboxylic acids is 1. The number of anilines is 2. The van der Waals surface area contributed by atoms with E-state index in [2.05, 4.69) is 10.3 Å². The smallest absolute Gasteiger partial charge is 0.257 e. The van der Waals surface area contributed by atoms with Crippen LogP contribution < -0.4 is 11.1 Å². The van der Waals surface area contributed by atoms with Crippen molar-refractivity contribution in [3.8, 4) is 0 Å². The fourth-order valence-electron chi connectivity index (χ4n) is 1.67. The third-order valence-corrected chi connectivity index (χ3v) is 3.31. The second-order valence-electron chi connectivity index (χ2n) is 4.29. The van der Waals surface area contributed by atoms with Crippen LogP contribution in [0, 0.1) is 13.8 Å². The van der Waals surface area contributed by atoms with Crippen molar-refractivity contribution in [2.75, 3.05) is 11.1 Å². The van der Waals surface area contributed by atoms with Crippen LogP contribution >= 0.6 is 11.6 Å². The maximum Gasteiger partial charge on any atom is 0.257 e. The molecule has 0 saturated heterocycles. The molecule has 1 aromatic heterocycles. The lowest BCUT2D eigenvalue weighted by Crippen LogP contribution is -2.14. The normalized spacial score (nSPS) is 10.3. The first-order chi connectivity index (χ1) is 8.99. The van der Waals surface area contributed by atoms with Crippen LogP contribution in [0.3, 0.4) is 0 Å². The molecule has 1 amide bonds. The lowest BCUT2D eigenvalue weighted by molar-refractivity contribution is 0.102. The maximum atomic E-state index is 12.1. The summed E-state index contributed by atoms with van der Waals surface area (Å²) in [6.07, 6.45) is 1.52. The average Bonchev–Trinajstić information content (AvgIpc) is 2.37. The maximum absolute atomic E-state index is 12.1. The average molecular weight is 276 g/mol. The first kappa shape index (κ1) is 13.4. The number of nitrogens with two attached hydrogens (primary N) is 1. The molecule has 1 heterocycles. The highest BCUT2D eigenvalue weighted by atomic mass is 35.5. The van der Waals surface area contributed by atoms with Crippen LogP contribution in [-0.4, -0.2) is 10.9 Å². The molecule has 0 bridgehead atoms. The van der Waals surface area contributed by atoms with Gasteiger partial charge in [0, 0.05) is 10.6 Å². The molecule has 0 saturated carbocycles. The summed E-state index contributed by atoms with van der Waals surface area (Å²) in [7, 11) is 0. The number of nitrogens with one attached hydrogen (secondary N) is 1. The molecule has 0 aliphatic carbocycles. The molecule has 0 aliphatic rings. The third kappa shape index (κ3) is 2.85. The van der Waals surface area contributed by atoms with E-state index >= 15 is 0 Å². The second-order valence-corrected chi connectivity index (χ2v) is 4.70. The Morgan fingerprint density at radius 3 is 2.79 bits per heavy atom. The van der Waals surface area contributed by atoms with Crippen molar-refractivity contribution in [3.05, 3.63) is 52.2 Å². The highest BCUT2D eigenvalue weighted by Gasteiger charge is 2.11. The molecule has 1 aromatic carbocycles. The number of aryl methyl sites for hydroxylation is 1. The van der Waals surface area contributed by atoms with Crippen LogP contribution in [0.1, 0.15) is 21.5 Å². The van der Waals surface area contributed by atoms with E-state index < -0.39 is 0 Å². The van der Waals surface area contributed by atoms with Crippen molar-refractivity contribution in [3.63, 3.8) is 0 Å². The van der Waals surface area contributed by atoms with Gasteiger partial charge in [0.05, 0.1) is 11.9 Å². The van der Waals surface area contributed by atoms with Crippen LogP contribution in [0.5, 0.6) is 0 Å². The minimum Gasteiger partial charge on any atom is -0.397 e. The predicted molar refractivity (Wildman–Crippen MR) is 77.5 cm³/mol. The Morgan fingerprint density at radius 1 is 1.37 bits per heavy atom. The zero-order valence-electron chi connectivity index (χ0n) is 10.7. The number of halogens is 1. The molecule has 2 rings (SSSR count). The van der Waals surface area contributed by atoms with Crippen molar-refractivity contribution in [1.82, 2.24) is 4.98 Å². The van der Waals surface area contributed by atoms with Crippen molar-refractivity contribution >= 4 is 29.0 Å².